The second-order valence-corrected chi connectivity index (χ2v) is 7.96. The fourth-order valence-corrected chi connectivity index (χ4v) is 2.69. The fraction of sp³-hybridized carbons (Fsp3) is 0.824. The van der Waals surface area contributed by atoms with E-state index in [9.17, 15) is 14.4 Å². The Kier molecular flexibility index (Phi) is 6.19. The normalized spacial score (nSPS) is 25.9. The van der Waals surface area contributed by atoms with Gasteiger partial charge in [-0.1, -0.05) is 13.8 Å². The smallest absolute Gasteiger partial charge is 0.408 e. The van der Waals surface area contributed by atoms with E-state index >= 15 is 0 Å². The molecule has 6 heteroatoms. The van der Waals surface area contributed by atoms with Crippen molar-refractivity contribution in [1.82, 2.24) is 5.32 Å². The lowest BCUT2D eigenvalue weighted by molar-refractivity contribution is -0.150. The van der Waals surface area contributed by atoms with Crippen LogP contribution < -0.4 is 5.32 Å². The van der Waals surface area contributed by atoms with E-state index in [1.54, 1.807) is 27.7 Å². The lowest BCUT2D eigenvalue weighted by Crippen LogP contribution is -2.46. The molecule has 0 aromatic rings. The molecule has 1 aliphatic rings. The van der Waals surface area contributed by atoms with Gasteiger partial charge in [0.25, 0.3) is 0 Å². The van der Waals surface area contributed by atoms with E-state index in [1.807, 2.05) is 13.8 Å². The largest absolute Gasteiger partial charge is 0.460 e. The van der Waals surface area contributed by atoms with Gasteiger partial charge in [-0.05, 0) is 40.0 Å². The molecule has 0 radical (unpaired) electrons. The number of hydrogen-bond donors (Lipinski definition) is 1. The third-order valence-electron chi connectivity index (χ3n) is 3.81. The molecule has 1 rings (SSSR count). The molecule has 0 aromatic carbocycles. The minimum atomic E-state index is -0.808. The first kappa shape index (κ1) is 19.5. The predicted octanol–water partition coefficient (Wildman–Crippen LogP) is 2.84. The van der Waals surface area contributed by atoms with Crippen LogP contribution in [0.2, 0.25) is 0 Å². The zero-order chi connectivity index (χ0) is 17.8. The molecule has 0 aromatic heterocycles. The van der Waals surface area contributed by atoms with E-state index < -0.39 is 23.2 Å². The fourth-order valence-electron chi connectivity index (χ4n) is 2.69. The third-order valence-corrected chi connectivity index (χ3v) is 3.81. The standard InChI is InChI=1S/C17H29NO5/c1-11(2)9-12(18-15(21)23-16(3,4)5)13-10-17(6,7-8-19)14(20)22-13/h8,11-13H,7,9-10H2,1-6H3,(H,18,21)/t12?,13-,17-/m0/s1. The molecular weight excluding hydrogens is 298 g/mol. The van der Waals surface area contributed by atoms with Crippen molar-refractivity contribution in [3.05, 3.63) is 0 Å². The molecule has 23 heavy (non-hydrogen) atoms. The molecule has 0 aliphatic carbocycles. The molecule has 6 nitrogen and oxygen atoms in total. The van der Waals surface area contributed by atoms with Crippen molar-refractivity contribution in [2.24, 2.45) is 11.3 Å². The highest BCUT2D eigenvalue weighted by Crippen LogP contribution is 2.38. The van der Waals surface area contributed by atoms with Crippen LogP contribution in [0.4, 0.5) is 4.79 Å². The van der Waals surface area contributed by atoms with Gasteiger partial charge in [0.1, 0.15) is 18.0 Å². The van der Waals surface area contributed by atoms with Crippen molar-refractivity contribution < 1.29 is 23.9 Å². The quantitative estimate of drug-likeness (QED) is 0.599. The van der Waals surface area contributed by atoms with Gasteiger partial charge in [0, 0.05) is 12.8 Å². The van der Waals surface area contributed by atoms with Crippen molar-refractivity contribution in [3.63, 3.8) is 0 Å². The predicted molar refractivity (Wildman–Crippen MR) is 85.9 cm³/mol. The Morgan fingerprint density at radius 1 is 1.48 bits per heavy atom. The molecule has 1 fully saturated rings. The topological polar surface area (TPSA) is 81.7 Å². The third kappa shape index (κ3) is 5.84. The van der Waals surface area contributed by atoms with E-state index in [2.05, 4.69) is 5.32 Å². The minimum Gasteiger partial charge on any atom is -0.460 e. The van der Waals surface area contributed by atoms with Crippen molar-refractivity contribution in [2.45, 2.75) is 78.6 Å². The van der Waals surface area contributed by atoms with Crippen LogP contribution >= 0.6 is 0 Å². The van der Waals surface area contributed by atoms with Crippen LogP contribution in [0.15, 0.2) is 0 Å². The monoisotopic (exact) mass is 327 g/mol. The van der Waals surface area contributed by atoms with Gasteiger partial charge < -0.3 is 19.6 Å². The number of esters is 1. The molecule has 1 N–H and O–H groups in total. The van der Waals surface area contributed by atoms with Crippen molar-refractivity contribution in [3.8, 4) is 0 Å². The van der Waals surface area contributed by atoms with Crippen molar-refractivity contribution >= 4 is 18.3 Å². The maximum absolute atomic E-state index is 12.1. The summed E-state index contributed by atoms with van der Waals surface area (Å²) in [6.07, 6.45) is 0.975. The van der Waals surface area contributed by atoms with Gasteiger partial charge >= 0.3 is 12.1 Å². The molecule has 1 saturated heterocycles. The summed E-state index contributed by atoms with van der Waals surface area (Å²) in [5.41, 5.74) is -1.40. The molecule has 0 saturated carbocycles. The molecule has 1 amide bonds. The highest BCUT2D eigenvalue weighted by molar-refractivity contribution is 5.81. The summed E-state index contributed by atoms with van der Waals surface area (Å²) in [7, 11) is 0. The van der Waals surface area contributed by atoms with Crippen LogP contribution in [0.25, 0.3) is 0 Å². The van der Waals surface area contributed by atoms with Gasteiger partial charge in [0.2, 0.25) is 0 Å². The molecule has 132 valence electrons. The Morgan fingerprint density at radius 3 is 2.57 bits per heavy atom. The van der Waals surface area contributed by atoms with Crippen LogP contribution in [0, 0.1) is 11.3 Å². The number of ether oxygens (including phenoxy) is 2. The number of rotatable bonds is 6. The zero-order valence-corrected chi connectivity index (χ0v) is 15.0. The summed E-state index contributed by atoms with van der Waals surface area (Å²) in [6.45, 7) is 11.2. The van der Waals surface area contributed by atoms with Gasteiger partial charge in [-0.25, -0.2) is 4.79 Å². The molecule has 0 spiro atoms. The number of hydrogen-bond acceptors (Lipinski definition) is 5. The van der Waals surface area contributed by atoms with Gasteiger partial charge in [0.15, 0.2) is 0 Å². The number of carbonyl (C=O) groups is 3. The zero-order valence-electron chi connectivity index (χ0n) is 15.0. The average molecular weight is 327 g/mol. The second kappa shape index (κ2) is 7.32. The van der Waals surface area contributed by atoms with Crippen LogP contribution in [0.1, 0.15) is 60.8 Å². The Labute approximate surface area is 138 Å². The highest BCUT2D eigenvalue weighted by Gasteiger charge is 2.48. The first-order valence-corrected chi connectivity index (χ1v) is 8.11. The summed E-state index contributed by atoms with van der Waals surface area (Å²) in [5, 5.41) is 2.82. The van der Waals surface area contributed by atoms with Crippen LogP contribution in [-0.2, 0) is 19.1 Å². The average Bonchev–Trinajstić information content (AvgIpc) is 2.62. The number of cyclic esters (lactones) is 1. The van der Waals surface area contributed by atoms with Gasteiger partial charge in [-0.3, -0.25) is 4.79 Å². The van der Waals surface area contributed by atoms with E-state index in [-0.39, 0.29) is 18.4 Å². The van der Waals surface area contributed by atoms with E-state index in [0.29, 0.717) is 18.8 Å². The number of amides is 1. The Bertz CT molecular complexity index is 454. The van der Waals surface area contributed by atoms with Crippen LogP contribution in [0.3, 0.4) is 0 Å². The summed E-state index contributed by atoms with van der Waals surface area (Å²) < 4.78 is 10.7. The Morgan fingerprint density at radius 2 is 2.09 bits per heavy atom. The van der Waals surface area contributed by atoms with Gasteiger partial charge in [-0.15, -0.1) is 0 Å². The van der Waals surface area contributed by atoms with Gasteiger partial charge in [-0.2, -0.15) is 0 Å². The SMILES string of the molecule is CC(C)CC(NC(=O)OC(C)(C)C)[C@@H]1C[C@](C)(CC=O)C(=O)O1. The molecular formula is C17H29NO5. The second-order valence-electron chi connectivity index (χ2n) is 7.96. The molecule has 1 heterocycles. The lowest BCUT2D eigenvalue weighted by atomic mass is 9.82. The van der Waals surface area contributed by atoms with E-state index in [1.165, 1.54) is 0 Å². The highest BCUT2D eigenvalue weighted by atomic mass is 16.6. The summed E-state index contributed by atoms with van der Waals surface area (Å²) >= 11 is 0. The lowest BCUT2D eigenvalue weighted by Gasteiger charge is -2.27. The van der Waals surface area contributed by atoms with Crippen molar-refractivity contribution in [1.29, 1.82) is 0 Å². The van der Waals surface area contributed by atoms with E-state index in [0.717, 1.165) is 6.29 Å². The van der Waals surface area contributed by atoms with E-state index in [4.69, 9.17) is 9.47 Å². The number of alkyl carbamates (subject to hydrolysis) is 1. The summed E-state index contributed by atoms with van der Waals surface area (Å²) in [4.78, 5) is 34.9. The maximum Gasteiger partial charge on any atom is 0.408 e. The number of carbonyl (C=O) groups excluding carboxylic acids is 3. The van der Waals surface area contributed by atoms with Crippen LogP contribution in [-0.4, -0.2) is 36.1 Å². The number of nitrogens with one attached hydrogen (secondary N) is 1. The molecule has 0 bridgehead atoms. The molecule has 1 unspecified atom stereocenters. The summed E-state index contributed by atoms with van der Waals surface area (Å²) in [6, 6.07) is -0.331. The maximum atomic E-state index is 12.1. The molecule has 1 aliphatic heterocycles. The summed E-state index contributed by atoms with van der Waals surface area (Å²) in [5.74, 6) is -0.0686. The molecule has 3 atom stereocenters. The van der Waals surface area contributed by atoms with Gasteiger partial charge in [0.05, 0.1) is 11.5 Å². The Hall–Kier alpha value is -1.59. The van der Waals surface area contributed by atoms with Crippen molar-refractivity contribution in [2.75, 3.05) is 0 Å². The first-order valence-electron chi connectivity index (χ1n) is 8.11. The minimum absolute atomic E-state index is 0.128. The Balaban J connectivity index is 2.81. The first-order chi connectivity index (χ1) is 10.5. The van der Waals surface area contributed by atoms with Crippen LogP contribution in [0.5, 0.6) is 0 Å². The number of aldehydes is 1.